The van der Waals surface area contributed by atoms with E-state index in [0.29, 0.717) is 0 Å². The number of aromatic hydroxyl groups is 2. The van der Waals surface area contributed by atoms with E-state index in [1.807, 2.05) is 0 Å². The molecule has 0 aliphatic rings. The predicted octanol–water partition coefficient (Wildman–Crippen LogP) is 1.66. The van der Waals surface area contributed by atoms with Crippen LogP contribution in [0, 0.1) is 0 Å². The molecule has 0 atom stereocenters. The minimum Gasteiger partial charge on any atom is -0.504 e. The van der Waals surface area contributed by atoms with Gasteiger partial charge in [0.05, 0.1) is 0 Å². The Morgan fingerprint density at radius 2 is 0.900 bits per heavy atom. The van der Waals surface area contributed by atoms with Crippen molar-refractivity contribution in [1.82, 2.24) is 6.15 Å². The molecule has 111 valence electrons. The fourth-order valence-corrected chi connectivity index (χ4v) is 1.04. The van der Waals surface area contributed by atoms with Gasteiger partial charge in [0.2, 0.25) is 10.9 Å². The van der Waals surface area contributed by atoms with Crippen LogP contribution in [0.5, 0.6) is 11.5 Å². The fraction of sp³-hybridized carbons (Fsp3) is 0. The van der Waals surface area contributed by atoms with Crippen LogP contribution in [0.3, 0.4) is 0 Å². The van der Waals surface area contributed by atoms with E-state index in [9.17, 15) is 9.59 Å². The van der Waals surface area contributed by atoms with Gasteiger partial charge in [-0.3, -0.25) is 9.59 Å². The molecule has 0 unspecified atom stereocenters. The summed E-state index contributed by atoms with van der Waals surface area (Å²) in [5.74, 6) is -0.417. The Hall–Kier alpha value is -2.14. The van der Waals surface area contributed by atoms with Crippen LogP contribution in [0.15, 0.2) is 70.3 Å². The van der Waals surface area contributed by atoms with Crippen molar-refractivity contribution in [3.63, 3.8) is 0 Å². The minimum atomic E-state index is -0.347. The third-order valence-electron chi connectivity index (χ3n) is 1.95. The zero-order valence-corrected chi connectivity index (χ0v) is 11.4. The smallest absolute Gasteiger partial charge is 0.220 e. The van der Waals surface area contributed by atoms with Crippen LogP contribution >= 0.6 is 0 Å². The molecule has 6 heteroatoms. The molecule has 0 bridgehead atoms. The van der Waals surface area contributed by atoms with E-state index in [1.165, 1.54) is 24.3 Å². The molecule has 0 saturated carbocycles. The molecule has 0 heterocycles. The van der Waals surface area contributed by atoms with Crippen LogP contribution in [0.1, 0.15) is 0 Å². The Balaban J connectivity index is 0. The summed E-state index contributed by atoms with van der Waals surface area (Å²) in [5, 5.41) is 17.5. The van der Waals surface area contributed by atoms with Gasteiger partial charge in [-0.1, -0.05) is 36.4 Å². The normalized spacial score (nSPS) is 8.00. The average Bonchev–Trinajstić information content (AvgIpc) is 2.65. The molecule has 2 aromatic rings. The summed E-state index contributed by atoms with van der Waals surface area (Å²) >= 11 is 0. The van der Waals surface area contributed by atoms with Crippen molar-refractivity contribution in [2.45, 2.75) is 0 Å². The Labute approximate surface area is 126 Å². The van der Waals surface area contributed by atoms with E-state index in [2.05, 4.69) is 0 Å². The Morgan fingerprint density at radius 3 is 1.25 bits per heavy atom. The second-order valence-corrected chi connectivity index (χ2v) is 3.32. The summed E-state index contributed by atoms with van der Waals surface area (Å²) in [6.07, 6.45) is 0. The van der Waals surface area contributed by atoms with E-state index in [-0.39, 0.29) is 45.6 Å². The van der Waals surface area contributed by atoms with Crippen molar-refractivity contribution in [2.24, 2.45) is 0 Å². The summed E-state index contributed by atoms with van der Waals surface area (Å²) in [7, 11) is 0. The number of hydrogen-bond donors (Lipinski definition) is 3. The summed E-state index contributed by atoms with van der Waals surface area (Å²) in [4.78, 5) is 21.1. The van der Waals surface area contributed by atoms with Crippen molar-refractivity contribution in [3.8, 4) is 11.5 Å². The molecule has 5 N–H and O–H groups in total. The molecule has 0 fully saturated rings. The van der Waals surface area contributed by atoms with E-state index >= 15 is 0 Å². The van der Waals surface area contributed by atoms with Crippen LogP contribution in [-0.2, 0) is 17.1 Å². The van der Waals surface area contributed by atoms with Crippen LogP contribution in [0.25, 0.3) is 0 Å². The van der Waals surface area contributed by atoms with E-state index in [0.717, 1.165) is 0 Å². The summed E-state index contributed by atoms with van der Waals surface area (Å²) in [6, 6.07) is 15.1. The van der Waals surface area contributed by atoms with Crippen molar-refractivity contribution < 1.29 is 27.3 Å². The molecule has 0 aliphatic heterocycles. The molecule has 20 heavy (non-hydrogen) atoms. The van der Waals surface area contributed by atoms with E-state index < -0.39 is 0 Å². The maximum absolute atomic E-state index is 10.6. The van der Waals surface area contributed by atoms with Gasteiger partial charge in [-0.15, -0.1) is 0 Å². The van der Waals surface area contributed by atoms with Crippen molar-refractivity contribution in [2.75, 3.05) is 0 Å². The van der Waals surface area contributed by atoms with E-state index in [1.54, 1.807) is 36.4 Å². The molecule has 0 spiro atoms. The van der Waals surface area contributed by atoms with E-state index in [4.69, 9.17) is 10.2 Å². The first-order valence-corrected chi connectivity index (χ1v) is 5.18. The summed E-state index contributed by atoms with van der Waals surface area (Å²) in [5.41, 5.74) is -0.694. The van der Waals surface area contributed by atoms with Gasteiger partial charge in [0.25, 0.3) is 0 Å². The van der Waals surface area contributed by atoms with Gasteiger partial charge in [0, 0.05) is 17.1 Å². The first kappa shape index (κ1) is 20.2. The van der Waals surface area contributed by atoms with Crippen LogP contribution in [-0.4, -0.2) is 10.2 Å². The Morgan fingerprint density at radius 1 is 0.600 bits per heavy atom. The second kappa shape index (κ2) is 10.8. The van der Waals surface area contributed by atoms with Crippen LogP contribution < -0.4 is 17.0 Å². The molecular weight excluding hydrogens is 310 g/mol. The van der Waals surface area contributed by atoms with Gasteiger partial charge >= 0.3 is 0 Å². The zero-order valence-electron chi connectivity index (χ0n) is 10.5. The molecule has 0 saturated heterocycles. The van der Waals surface area contributed by atoms with Gasteiger partial charge in [-0.05, 0) is 24.3 Å². The maximum atomic E-state index is 10.6. The zero-order chi connectivity index (χ0) is 13.4. The fourth-order valence-electron chi connectivity index (χ4n) is 1.04. The first-order chi connectivity index (χ1) is 8.61. The first-order valence-electron chi connectivity index (χ1n) is 5.18. The average molecular weight is 325 g/mol. The standard InChI is InChI=1S/2C7H6O2.Cu.H3N/c2*8-6-4-2-1-3-5-7(6)9;;/h2*1-5H,(H,8,9);;1H3. The maximum Gasteiger partial charge on any atom is 0.220 e. The largest absolute Gasteiger partial charge is 0.504 e. The number of hydrogen-bond acceptors (Lipinski definition) is 5. The third-order valence-corrected chi connectivity index (χ3v) is 1.95. The molecule has 0 aliphatic carbocycles. The van der Waals surface area contributed by atoms with Crippen LogP contribution in [0.4, 0.5) is 0 Å². The Bertz CT molecular complexity index is 578. The molecule has 0 aromatic heterocycles. The summed E-state index contributed by atoms with van der Waals surface area (Å²) < 4.78 is 0. The molecular formula is C14H15CuNO4. The van der Waals surface area contributed by atoms with Crippen molar-refractivity contribution in [1.29, 1.82) is 0 Å². The third kappa shape index (κ3) is 7.33. The second-order valence-electron chi connectivity index (χ2n) is 3.32. The number of rotatable bonds is 0. The predicted molar refractivity (Wildman–Crippen MR) is 73.8 cm³/mol. The molecule has 0 amide bonds. The van der Waals surface area contributed by atoms with Gasteiger partial charge in [0.1, 0.15) is 0 Å². The van der Waals surface area contributed by atoms with Gasteiger partial charge in [0.15, 0.2) is 11.5 Å². The molecule has 2 rings (SSSR count). The molecule has 2 aromatic carbocycles. The SMILES string of the molecule is N.O=c1cccccc1O.O=c1cccccc1O.[Cu]. The van der Waals surface area contributed by atoms with Crippen molar-refractivity contribution in [3.05, 3.63) is 81.1 Å². The van der Waals surface area contributed by atoms with Gasteiger partial charge in [-0.25, -0.2) is 0 Å². The monoisotopic (exact) mass is 324 g/mol. The molecule has 1 radical (unpaired) electrons. The minimum absolute atomic E-state index is 0. The molecule has 5 nitrogen and oxygen atoms in total. The topological polar surface area (TPSA) is 110 Å². The van der Waals surface area contributed by atoms with Crippen LogP contribution in [0.2, 0.25) is 0 Å². The van der Waals surface area contributed by atoms with Gasteiger partial charge in [-0.2, -0.15) is 0 Å². The van der Waals surface area contributed by atoms with Gasteiger partial charge < -0.3 is 16.4 Å². The Kier molecular flexibility index (Phi) is 10.9. The van der Waals surface area contributed by atoms with Crippen molar-refractivity contribution >= 4 is 0 Å². The summed E-state index contributed by atoms with van der Waals surface area (Å²) in [6.45, 7) is 0. The quantitative estimate of drug-likeness (QED) is 0.638.